The fourth-order valence-electron chi connectivity index (χ4n) is 5.66. The Morgan fingerprint density at radius 1 is 1.22 bits per heavy atom. The van der Waals surface area contributed by atoms with Gasteiger partial charge in [0.2, 0.25) is 5.91 Å². The monoisotopic (exact) mass is 486 g/mol. The highest BCUT2D eigenvalue weighted by Crippen LogP contribution is 2.43. The first kappa shape index (κ1) is 22.6. The molecule has 1 atom stereocenters. The van der Waals surface area contributed by atoms with Gasteiger partial charge in [0.05, 0.1) is 23.9 Å². The van der Waals surface area contributed by atoms with Crippen molar-refractivity contribution in [2.45, 2.75) is 38.1 Å². The van der Waals surface area contributed by atoms with Gasteiger partial charge in [0.25, 0.3) is 0 Å². The van der Waals surface area contributed by atoms with Gasteiger partial charge in [-0.05, 0) is 55.7 Å². The van der Waals surface area contributed by atoms with E-state index in [9.17, 15) is 9.59 Å². The Morgan fingerprint density at radius 2 is 2.08 bits per heavy atom. The summed E-state index contributed by atoms with van der Waals surface area (Å²) < 4.78 is 7.98. The molecule has 9 nitrogen and oxygen atoms in total. The molecule has 0 saturated carbocycles. The second-order valence-corrected chi connectivity index (χ2v) is 10.1. The topological polar surface area (TPSA) is 92.6 Å². The number of nitrogens with zero attached hydrogens (tertiary/aromatic N) is 5. The lowest BCUT2D eigenvalue weighted by atomic mass is 9.82. The van der Waals surface area contributed by atoms with Gasteiger partial charge in [-0.15, -0.1) is 0 Å². The van der Waals surface area contributed by atoms with Crippen LogP contribution in [0.1, 0.15) is 31.9 Å². The highest BCUT2D eigenvalue weighted by Gasteiger charge is 2.46. The summed E-state index contributed by atoms with van der Waals surface area (Å²) >= 11 is 0. The molecular weight excluding hydrogens is 456 g/mol. The van der Waals surface area contributed by atoms with Crippen molar-refractivity contribution < 1.29 is 14.3 Å². The second kappa shape index (κ2) is 8.65. The minimum absolute atomic E-state index is 0.0199. The molecule has 5 heterocycles. The van der Waals surface area contributed by atoms with E-state index in [2.05, 4.69) is 27.1 Å². The van der Waals surface area contributed by atoms with E-state index in [0.29, 0.717) is 25.3 Å². The van der Waals surface area contributed by atoms with Crippen molar-refractivity contribution in [2.75, 3.05) is 33.2 Å². The van der Waals surface area contributed by atoms with Crippen molar-refractivity contribution in [2.24, 2.45) is 0 Å². The standard InChI is InChI=1S/C27H30N6O3/c1-3-28-26(35)32-8-6-27(17-32)7-9-33-24(27)13-23(30-33)20-11-19-12-21(4-5-22(19)29-14-20)36-16-18-10-25(34)31(2)15-18/h4-5,11-14,16H,3,6-10,15,17H2,1-2H3,(H,28,35)/b18-16+. The molecule has 1 unspecified atom stereocenters. The lowest BCUT2D eigenvalue weighted by Gasteiger charge is -2.23. The maximum atomic E-state index is 12.4. The molecule has 3 aliphatic heterocycles. The Labute approximate surface area is 209 Å². The van der Waals surface area contributed by atoms with Crippen LogP contribution in [0.15, 0.2) is 48.4 Å². The van der Waals surface area contributed by atoms with E-state index >= 15 is 0 Å². The third-order valence-corrected chi connectivity index (χ3v) is 7.65. The summed E-state index contributed by atoms with van der Waals surface area (Å²) in [5.74, 6) is 0.819. The fourth-order valence-corrected chi connectivity index (χ4v) is 5.66. The van der Waals surface area contributed by atoms with Gasteiger partial charge in [0.15, 0.2) is 0 Å². The molecule has 36 heavy (non-hydrogen) atoms. The predicted molar refractivity (Wildman–Crippen MR) is 135 cm³/mol. The van der Waals surface area contributed by atoms with Gasteiger partial charge in [-0.25, -0.2) is 4.79 Å². The van der Waals surface area contributed by atoms with Gasteiger partial charge in [0.1, 0.15) is 5.75 Å². The van der Waals surface area contributed by atoms with Crippen LogP contribution in [0.3, 0.4) is 0 Å². The van der Waals surface area contributed by atoms with E-state index in [1.807, 2.05) is 36.2 Å². The number of amides is 3. The Hall–Kier alpha value is -3.88. The summed E-state index contributed by atoms with van der Waals surface area (Å²) in [6.07, 6.45) is 5.93. The summed E-state index contributed by atoms with van der Waals surface area (Å²) in [4.78, 5) is 32.4. The zero-order valence-corrected chi connectivity index (χ0v) is 20.7. The molecule has 2 fully saturated rings. The largest absolute Gasteiger partial charge is 0.465 e. The number of ether oxygens (including phenoxy) is 1. The van der Waals surface area contributed by atoms with Gasteiger partial charge >= 0.3 is 6.03 Å². The first-order chi connectivity index (χ1) is 17.4. The molecule has 186 valence electrons. The number of aromatic nitrogens is 3. The third-order valence-electron chi connectivity index (χ3n) is 7.65. The summed E-state index contributed by atoms with van der Waals surface area (Å²) in [6.45, 7) is 5.56. The average molecular weight is 487 g/mol. The Bertz CT molecular complexity index is 1400. The van der Waals surface area contributed by atoms with E-state index in [-0.39, 0.29) is 17.4 Å². The first-order valence-corrected chi connectivity index (χ1v) is 12.5. The van der Waals surface area contributed by atoms with Crippen LogP contribution in [0.4, 0.5) is 4.79 Å². The van der Waals surface area contributed by atoms with Crippen LogP contribution in [0.25, 0.3) is 22.2 Å². The number of likely N-dealkylation sites (N-methyl/N-ethyl adjacent to an activating group) is 1. The van der Waals surface area contributed by atoms with Crippen molar-refractivity contribution >= 4 is 22.8 Å². The number of pyridine rings is 1. The van der Waals surface area contributed by atoms with Crippen molar-refractivity contribution in [1.82, 2.24) is 29.9 Å². The van der Waals surface area contributed by atoms with E-state index in [4.69, 9.17) is 9.84 Å². The highest BCUT2D eigenvalue weighted by atomic mass is 16.5. The Balaban J connectivity index is 1.24. The SMILES string of the molecule is CCNC(=O)N1CCC2(CCn3nc(-c4cnc5ccc(O/C=C6\CC(=O)N(C)C6)cc5c4)cc32)C1. The van der Waals surface area contributed by atoms with Crippen molar-refractivity contribution in [3.05, 3.63) is 54.1 Å². The van der Waals surface area contributed by atoms with Gasteiger partial charge in [-0.3, -0.25) is 14.5 Å². The summed E-state index contributed by atoms with van der Waals surface area (Å²) in [5.41, 5.74) is 4.89. The lowest BCUT2D eigenvalue weighted by Crippen LogP contribution is -2.40. The quantitative estimate of drug-likeness (QED) is 0.572. The van der Waals surface area contributed by atoms with Gasteiger partial charge in [-0.2, -0.15) is 5.10 Å². The zero-order chi connectivity index (χ0) is 24.9. The molecule has 1 aromatic carbocycles. The van der Waals surface area contributed by atoms with Crippen LogP contribution in [0.5, 0.6) is 5.75 Å². The van der Waals surface area contributed by atoms with Crippen molar-refractivity contribution in [3.63, 3.8) is 0 Å². The number of nitrogens with one attached hydrogen (secondary N) is 1. The van der Waals surface area contributed by atoms with Gasteiger partial charge < -0.3 is 19.9 Å². The van der Waals surface area contributed by atoms with Gasteiger partial charge in [-0.1, -0.05) is 0 Å². The summed E-state index contributed by atoms with van der Waals surface area (Å²) in [6, 6.07) is 10.1. The number of likely N-dealkylation sites (tertiary alicyclic amines) is 2. The number of benzene rings is 1. The molecular formula is C27H30N6O3. The molecule has 2 aromatic heterocycles. The number of hydrogen-bond donors (Lipinski definition) is 1. The molecule has 0 radical (unpaired) electrons. The molecule has 2 saturated heterocycles. The maximum Gasteiger partial charge on any atom is 0.317 e. The minimum atomic E-state index is -0.0230. The van der Waals surface area contributed by atoms with E-state index in [1.54, 1.807) is 18.2 Å². The van der Waals surface area contributed by atoms with E-state index in [0.717, 1.165) is 60.2 Å². The van der Waals surface area contributed by atoms with E-state index < -0.39 is 0 Å². The molecule has 9 heteroatoms. The van der Waals surface area contributed by atoms with Crippen LogP contribution < -0.4 is 10.1 Å². The average Bonchev–Trinajstić information content (AvgIpc) is 3.64. The first-order valence-electron chi connectivity index (χ1n) is 12.5. The number of carbonyl (C=O) groups is 2. The van der Waals surface area contributed by atoms with Crippen LogP contribution >= 0.6 is 0 Å². The number of fused-ring (bicyclic) bond motifs is 3. The molecule has 3 amide bonds. The predicted octanol–water partition coefficient (Wildman–Crippen LogP) is 3.30. The lowest BCUT2D eigenvalue weighted by molar-refractivity contribution is -0.126. The number of aryl methyl sites for hydroxylation is 1. The molecule has 3 aromatic rings. The van der Waals surface area contributed by atoms with Gasteiger partial charge in [0, 0.05) is 68.0 Å². The summed E-state index contributed by atoms with van der Waals surface area (Å²) in [7, 11) is 1.80. The Morgan fingerprint density at radius 3 is 2.89 bits per heavy atom. The number of urea groups is 1. The minimum Gasteiger partial charge on any atom is -0.465 e. The molecule has 6 rings (SSSR count). The molecule has 0 bridgehead atoms. The van der Waals surface area contributed by atoms with E-state index in [1.165, 1.54) is 5.69 Å². The molecule has 3 aliphatic rings. The molecule has 1 spiro atoms. The smallest absolute Gasteiger partial charge is 0.317 e. The Kier molecular flexibility index (Phi) is 5.43. The maximum absolute atomic E-state index is 12.4. The van der Waals surface area contributed by atoms with Crippen LogP contribution in [-0.2, 0) is 16.8 Å². The molecule has 1 N–H and O–H groups in total. The molecule has 0 aliphatic carbocycles. The normalized spacial score (nSPS) is 22.3. The fraction of sp³-hybridized carbons (Fsp3) is 0.407. The number of rotatable bonds is 4. The zero-order valence-electron chi connectivity index (χ0n) is 20.7. The second-order valence-electron chi connectivity index (χ2n) is 10.1. The number of carbonyl (C=O) groups excluding carboxylic acids is 2. The number of hydrogen-bond acceptors (Lipinski definition) is 5. The van der Waals surface area contributed by atoms with Crippen LogP contribution in [0, 0.1) is 0 Å². The third kappa shape index (κ3) is 3.88. The summed E-state index contributed by atoms with van der Waals surface area (Å²) in [5, 5.41) is 8.79. The van der Waals surface area contributed by atoms with Crippen LogP contribution in [-0.4, -0.2) is 69.7 Å². The highest BCUT2D eigenvalue weighted by molar-refractivity contribution is 5.84. The van der Waals surface area contributed by atoms with Crippen molar-refractivity contribution in [3.8, 4) is 17.0 Å². The van der Waals surface area contributed by atoms with Crippen molar-refractivity contribution in [1.29, 1.82) is 0 Å². The van der Waals surface area contributed by atoms with Crippen LogP contribution in [0.2, 0.25) is 0 Å².